The number of hydrogen-bond donors (Lipinski definition) is 2. The summed E-state index contributed by atoms with van der Waals surface area (Å²) in [6, 6.07) is 6.11. The van der Waals surface area contributed by atoms with Gasteiger partial charge in [0, 0.05) is 36.8 Å². The van der Waals surface area contributed by atoms with Crippen LogP contribution < -0.4 is 11.1 Å². The van der Waals surface area contributed by atoms with E-state index in [4.69, 9.17) is 17.3 Å². The average molecular weight is 417 g/mol. The van der Waals surface area contributed by atoms with Crippen LogP contribution in [0.5, 0.6) is 0 Å². The highest BCUT2D eigenvalue weighted by molar-refractivity contribution is 6.30. The van der Waals surface area contributed by atoms with Crippen LogP contribution in [0.4, 0.5) is 0 Å². The number of hydrogen-bond acceptors (Lipinski definition) is 4. The third-order valence-electron chi connectivity index (χ3n) is 4.45. The van der Waals surface area contributed by atoms with Crippen molar-refractivity contribution in [3.63, 3.8) is 0 Å². The second-order valence-electron chi connectivity index (χ2n) is 6.67. The molecule has 2 rings (SSSR count). The van der Waals surface area contributed by atoms with Crippen LogP contribution in [0.3, 0.4) is 0 Å². The van der Waals surface area contributed by atoms with E-state index in [9.17, 15) is 14.4 Å². The van der Waals surface area contributed by atoms with E-state index in [1.54, 1.807) is 34.1 Å². The first-order valence-electron chi connectivity index (χ1n) is 8.65. The molecule has 1 aromatic rings. The summed E-state index contributed by atoms with van der Waals surface area (Å²) in [5, 5.41) is 3.16. The van der Waals surface area contributed by atoms with Crippen molar-refractivity contribution in [1.82, 2.24) is 15.1 Å². The molecule has 1 fully saturated rings. The normalized spacial score (nSPS) is 15.1. The van der Waals surface area contributed by atoms with E-state index in [2.05, 4.69) is 5.32 Å². The van der Waals surface area contributed by atoms with E-state index in [-0.39, 0.29) is 42.6 Å². The van der Waals surface area contributed by atoms with Crippen molar-refractivity contribution in [2.45, 2.75) is 19.9 Å². The van der Waals surface area contributed by atoms with E-state index in [0.29, 0.717) is 36.8 Å². The van der Waals surface area contributed by atoms with E-state index in [0.717, 1.165) is 0 Å². The Hall–Kier alpha value is -1.83. The van der Waals surface area contributed by atoms with Gasteiger partial charge in [0.15, 0.2) is 0 Å². The Morgan fingerprint density at radius 3 is 2.11 bits per heavy atom. The number of nitrogens with one attached hydrogen (secondary N) is 1. The molecule has 1 saturated heterocycles. The van der Waals surface area contributed by atoms with Gasteiger partial charge in [0.1, 0.15) is 0 Å². The molecule has 0 aliphatic carbocycles. The summed E-state index contributed by atoms with van der Waals surface area (Å²) in [5.41, 5.74) is 6.32. The fraction of sp³-hybridized carbons (Fsp3) is 0.500. The lowest BCUT2D eigenvalue weighted by molar-refractivity contribution is -0.134. The van der Waals surface area contributed by atoms with Crippen molar-refractivity contribution in [2.75, 3.05) is 32.7 Å². The average Bonchev–Trinajstić information content (AvgIpc) is 2.65. The van der Waals surface area contributed by atoms with E-state index in [1.807, 2.05) is 13.8 Å². The Kier molecular flexibility index (Phi) is 9.02. The highest BCUT2D eigenvalue weighted by Crippen LogP contribution is 2.13. The molecule has 1 aromatic carbocycles. The summed E-state index contributed by atoms with van der Waals surface area (Å²) in [6.45, 7) is 5.39. The highest BCUT2D eigenvalue weighted by Gasteiger charge is 2.25. The Morgan fingerprint density at radius 1 is 1.07 bits per heavy atom. The lowest BCUT2D eigenvalue weighted by Crippen LogP contribution is -2.53. The molecule has 1 atom stereocenters. The van der Waals surface area contributed by atoms with Crippen molar-refractivity contribution in [3.05, 3.63) is 34.9 Å². The van der Waals surface area contributed by atoms with Crippen LogP contribution in [0, 0.1) is 5.92 Å². The Balaban J connectivity index is 0.00000364. The number of rotatable bonds is 5. The Bertz CT molecular complexity index is 659. The molecule has 3 amide bonds. The molecule has 7 nitrogen and oxygen atoms in total. The predicted octanol–water partition coefficient (Wildman–Crippen LogP) is 1.15. The van der Waals surface area contributed by atoms with Gasteiger partial charge in [-0.3, -0.25) is 14.4 Å². The topological polar surface area (TPSA) is 95.7 Å². The summed E-state index contributed by atoms with van der Waals surface area (Å²) in [7, 11) is 0. The smallest absolute Gasteiger partial charge is 0.253 e. The van der Waals surface area contributed by atoms with Crippen LogP contribution in [0.1, 0.15) is 24.2 Å². The maximum absolute atomic E-state index is 12.4. The number of nitrogens with two attached hydrogens (primary N) is 1. The van der Waals surface area contributed by atoms with Crippen LogP contribution in [-0.4, -0.2) is 66.3 Å². The maximum atomic E-state index is 12.4. The monoisotopic (exact) mass is 416 g/mol. The van der Waals surface area contributed by atoms with Crippen molar-refractivity contribution in [2.24, 2.45) is 11.7 Å². The molecule has 3 N–H and O–H groups in total. The Morgan fingerprint density at radius 2 is 1.59 bits per heavy atom. The summed E-state index contributed by atoms with van der Waals surface area (Å²) in [5.74, 6) is -0.574. The molecule has 27 heavy (non-hydrogen) atoms. The predicted molar refractivity (Wildman–Crippen MR) is 107 cm³/mol. The molecule has 9 heteroatoms. The van der Waals surface area contributed by atoms with E-state index < -0.39 is 6.04 Å². The lowest BCUT2D eigenvalue weighted by Gasteiger charge is -2.35. The zero-order valence-corrected chi connectivity index (χ0v) is 17.1. The second kappa shape index (κ2) is 10.5. The van der Waals surface area contributed by atoms with Crippen LogP contribution in [0.2, 0.25) is 5.02 Å². The van der Waals surface area contributed by atoms with Gasteiger partial charge in [0.2, 0.25) is 11.8 Å². The number of carbonyl (C=O) groups excluding carboxylic acids is 3. The van der Waals surface area contributed by atoms with Crippen molar-refractivity contribution < 1.29 is 14.4 Å². The van der Waals surface area contributed by atoms with Crippen LogP contribution in [0.15, 0.2) is 24.3 Å². The van der Waals surface area contributed by atoms with Crippen molar-refractivity contribution in [1.29, 1.82) is 0 Å². The molecule has 1 aliphatic rings. The maximum Gasteiger partial charge on any atom is 0.253 e. The minimum atomic E-state index is -0.628. The standard InChI is InChI=1S/C18H25ClN4O3.ClH/c1-12(2)16(20)17(25)21-11-15(24)22-7-9-23(10-8-22)18(26)13-3-5-14(19)6-4-13;/h3-6,12,16H,7-11,20H2,1-2H3,(H,21,25);1H/t16-;/m0./s1. The molecule has 150 valence electrons. The fourth-order valence-corrected chi connectivity index (χ4v) is 2.76. The SMILES string of the molecule is CC(C)[C@H](N)C(=O)NCC(=O)N1CCN(C(=O)c2ccc(Cl)cc2)CC1.Cl. The van der Waals surface area contributed by atoms with Crippen LogP contribution in [0.25, 0.3) is 0 Å². The van der Waals surface area contributed by atoms with E-state index >= 15 is 0 Å². The summed E-state index contributed by atoms with van der Waals surface area (Å²) < 4.78 is 0. The number of amides is 3. The quantitative estimate of drug-likeness (QED) is 0.751. The first-order valence-corrected chi connectivity index (χ1v) is 9.03. The third-order valence-corrected chi connectivity index (χ3v) is 4.70. The molecular weight excluding hydrogens is 391 g/mol. The van der Waals surface area contributed by atoms with Gasteiger partial charge >= 0.3 is 0 Å². The van der Waals surface area contributed by atoms with E-state index in [1.165, 1.54) is 0 Å². The van der Waals surface area contributed by atoms with Gasteiger partial charge in [-0.25, -0.2) is 0 Å². The van der Waals surface area contributed by atoms with Gasteiger partial charge in [-0.2, -0.15) is 0 Å². The summed E-state index contributed by atoms with van der Waals surface area (Å²) in [6.07, 6.45) is 0. The molecule has 0 saturated carbocycles. The minimum Gasteiger partial charge on any atom is -0.346 e. The highest BCUT2D eigenvalue weighted by atomic mass is 35.5. The first kappa shape index (κ1) is 23.2. The number of benzene rings is 1. The van der Waals surface area contributed by atoms with Gasteiger partial charge in [-0.1, -0.05) is 25.4 Å². The molecule has 1 heterocycles. The van der Waals surface area contributed by atoms with Gasteiger partial charge in [0.25, 0.3) is 5.91 Å². The van der Waals surface area contributed by atoms with Crippen molar-refractivity contribution >= 4 is 41.7 Å². The molecule has 0 aromatic heterocycles. The van der Waals surface area contributed by atoms with Crippen LogP contribution in [-0.2, 0) is 9.59 Å². The lowest BCUT2D eigenvalue weighted by atomic mass is 10.1. The number of nitrogens with zero attached hydrogens (tertiary/aromatic N) is 2. The molecule has 0 bridgehead atoms. The number of halogens is 2. The summed E-state index contributed by atoms with van der Waals surface area (Å²) >= 11 is 5.84. The van der Waals surface area contributed by atoms with Crippen LogP contribution >= 0.6 is 24.0 Å². The number of carbonyl (C=O) groups is 3. The van der Waals surface area contributed by atoms with Gasteiger partial charge in [0.05, 0.1) is 12.6 Å². The third kappa shape index (κ3) is 6.37. The number of piperazine rings is 1. The summed E-state index contributed by atoms with van der Waals surface area (Å²) in [4.78, 5) is 39.9. The largest absolute Gasteiger partial charge is 0.346 e. The van der Waals surface area contributed by atoms with Crippen molar-refractivity contribution in [3.8, 4) is 0 Å². The molecule has 0 radical (unpaired) electrons. The Labute approximate surface area is 170 Å². The first-order chi connectivity index (χ1) is 12.3. The zero-order chi connectivity index (χ0) is 19.3. The zero-order valence-electron chi connectivity index (χ0n) is 15.5. The van der Waals surface area contributed by atoms with Gasteiger partial charge in [-0.05, 0) is 30.2 Å². The minimum absolute atomic E-state index is 0. The molecule has 1 aliphatic heterocycles. The molecular formula is C18H26Cl2N4O3. The molecule has 0 spiro atoms. The second-order valence-corrected chi connectivity index (χ2v) is 7.10. The fourth-order valence-electron chi connectivity index (χ4n) is 2.63. The molecule has 0 unspecified atom stereocenters. The van der Waals surface area contributed by atoms with Gasteiger partial charge < -0.3 is 20.9 Å². The van der Waals surface area contributed by atoms with Gasteiger partial charge in [-0.15, -0.1) is 12.4 Å².